The molecule has 2 rings (SSSR count). The first-order valence-corrected chi connectivity index (χ1v) is 4.84. The first-order chi connectivity index (χ1) is 6.95. The standard InChI is InChI=1S/C11H13N2O/c1(3-11-13-8-9-14-11)2-10-4-6-12-7-5-10/h2,4-7H,1,3,8-9H2. The maximum atomic E-state index is 5.31. The molecule has 0 saturated carbocycles. The van der Waals surface area contributed by atoms with Crippen molar-refractivity contribution < 1.29 is 4.74 Å². The summed E-state index contributed by atoms with van der Waals surface area (Å²) in [6.07, 6.45) is 7.65. The highest BCUT2D eigenvalue weighted by molar-refractivity contribution is 5.77. The number of rotatable bonds is 4. The second-order valence-electron chi connectivity index (χ2n) is 3.15. The number of ether oxygens (including phenoxy) is 1. The number of hydrogen-bond donors (Lipinski definition) is 0. The third kappa shape index (κ3) is 2.55. The Bertz CT molecular complexity index is 308. The van der Waals surface area contributed by atoms with E-state index in [2.05, 4.69) is 16.4 Å². The number of pyridine rings is 1. The molecule has 0 unspecified atom stereocenters. The summed E-state index contributed by atoms with van der Waals surface area (Å²) in [5.41, 5.74) is 1.21. The highest BCUT2D eigenvalue weighted by Gasteiger charge is 2.06. The summed E-state index contributed by atoms with van der Waals surface area (Å²) in [6, 6.07) is 3.99. The Labute approximate surface area is 83.8 Å². The molecule has 0 saturated heterocycles. The van der Waals surface area contributed by atoms with Crippen LogP contribution in [0.15, 0.2) is 29.5 Å². The van der Waals surface area contributed by atoms with Crippen molar-refractivity contribution in [3.05, 3.63) is 36.5 Å². The van der Waals surface area contributed by atoms with E-state index in [9.17, 15) is 0 Å². The Morgan fingerprint density at radius 1 is 1.36 bits per heavy atom. The zero-order valence-corrected chi connectivity index (χ0v) is 8.02. The number of nitrogens with zero attached hydrogens (tertiary/aromatic N) is 2. The Hall–Kier alpha value is -1.38. The van der Waals surface area contributed by atoms with E-state index in [1.165, 1.54) is 5.56 Å². The van der Waals surface area contributed by atoms with Crippen molar-refractivity contribution in [1.29, 1.82) is 0 Å². The summed E-state index contributed by atoms with van der Waals surface area (Å²) in [5.74, 6) is 0.898. The molecule has 3 heteroatoms. The average Bonchev–Trinajstić information content (AvgIpc) is 2.72. The van der Waals surface area contributed by atoms with E-state index in [0.717, 1.165) is 31.9 Å². The molecule has 0 atom stereocenters. The van der Waals surface area contributed by atoms with Crippen LogP contribution in [0.3, 0.4) is 0 Å². The fraction of sp³-hybridized carbons (Fsp3) is 0.364. The normalized spacial score (nSPS) is 15.0. The van der Waals surface area contributed by atoms with E-state index in [0.29, 0.717) is 0 Å². The zero-order chi connectivity index (χ0) is 9.64. The zero-order valence-electron chi connectivity index (χ0n) is 8.02. The van der Waals surface area contributed by atoms with Crippen LogP contribution in [0.1, 0.15) is 18.4 Å². The van der Waals surface area contributed by atoms with Crippen molar-refractivity contribution in [3.63, 3.8) is 0 Å². The third-order valence-electron chi connectivity index (χ3n) is 2.09. The lowest BCUT2D eigenvalue weighted by Crippen LogP contribution is -1.98. The largest absolute Gasteiger partial charge is 0.479 e. The molecule has 1 aliphatic rings. The number of aromatic nitrogens is 1. The Morgan fingerprint density at radius 3 is 2.93 bits per heavy atom. The minimum absolute atomic E-state index is 0.755. The summed E-state index contributed by atoms with van der Waals surface area (Å²) < 4.78 is 5.31. The fourth-order valence-corrected chi connectivity index (χ4v) is 1.39. The molecule has 0 N–H and O–H groups in total. The van der Waals surface area contributed by atoms with E-state index < -0.39 is 0 Å². The van der Waals surface area contributed by atoms with Gasteiger partial charge in [0, 0.05) is 18.8 Å². The summed E-state index contributed by atoms with van der Waals surface area (Å²) in [7, 11) is 0. The van der Waals surface area contributed by atoms with Crippen LogP contribution in [0.2, 0.25) is 0 Å². The summed E-state index contributed by atoms with van der Waals surface area (Å²) in [4.78, 5) is 8.19. The van der Waals surface area contributed by atoms with Gasteiger partial charge in [-0.3, -0.25) is 9.98 Å². The van der Waals surface area contributed by atoms with Crippen LogP contribution in [-0.4, -0.2) is 24.0 Å². The molecule has 1 aliphatic heterocycles. The molecule has 3 nitrogen and oxygen atoms in total. The van der Waals surface area contributed by atoms with Crippen molar-refractivity contribution in [2.75, 3.05) is 13.2 Å². The maximum Gasteiger partial charge on any atom is 0.183 e. The lowest BCUT2D eigenvalue weighted by atomic mass is 10.1. The minimum atomic E-state index is 0.755. The van der Waals surface area contributed by atoms with Crippen LogP contribution in [0.5, 0.6) is 0 Å². The molecule has 0 fully saturated rings. The third-order valence-corrected chi connectivity index (χ3v) is 2.09. The van der Waals surface area contributed by atoms with Gasteiger partial charge in [-0.15, -0.1) is 0 Å². The predicted octanol–water partition coefficient (Wildman–Crippen LogP) is 1.84. The lowest BCUT2D eigenvalue weighted by Gasteiger charge is -2.01. The topological polar surface area (TPSA) is 34.5 Å². The van der Waals surface area contributed by atoms with Crippen molar-refractivity contribution in [3.8, 4) is 0 Å². The van der Waals surface area contributed by atoms with Gasteiger partial charge >= 0.3 is 0 Å². The molecular weight excluding hydrogens is 176 g/mol. The van der Waals surface area contributed by atoms with Gasteiger partial charge in [-0.25, -0.2) is 0 Å². The molecule has 73 valence electrons. The van der Waals surface area contributed by atoms with Crippen molar-refractivity contribution in [2.45, 2.75) is 12.8 Å². The number of aliphatic imine (C=N–C) groups is 1. The highest BCUT2D eigenvalue weighted by atomic mass is 16.5. The van der Waals surface area contributed by atoms with E-state index >= 15 is 0 Å². The SMILES string of the molecule is [CH](CCC1=NCCO1)c1ccncc1. The maximum absolute atomic E-state index is 5.31. The molecule has 0 aromatic carbocycles. The van der Waals surface area contributed by atoms with Gasteiger partial charge in [0.25, 0.3) is 0 Å². The quantitative estimate of drug-likeness (QED) is 0.724. The Kier molecular flexibility index (Phi) is 3.11. The van der Waals surface area contributed by atoms with Crippen LogP contribution in [0.25, 0.3) is 0 Å². The van der Waals surface area contributed by atoms with Gasteiger partial charge in [0.05, 0.1) is 6.54 Å². The molecule has 1 aromatic heterocycles. The molecule has 1 aromatic rings. The predicted molar refractivity (Wildman–Crippen MR) is 55.1 cm³/mol. The van der Waals surface area contributed by atoms with Crippen molar-refractivity contribution in [1.82, 2.24) is 4.98 Å². The lowest BCUT2D eigenvalue weighted by molar-refractivity contribution is 0.338. The van der Waals surface area contributed by atoms with Gasteiger partial charge in [0.1, 0.15) is 6.61 Å². The van der Waals surface area contributed by atoms with Crippen LogP contribution >= 0.6 is 0 Å². The molecule has 14 heavy (non-hydrogen) atoms. The summed E-state index contributed by atoms with van der Waals surface area (Å²) in [5, 5.41) is 0. The smallest absolute Gasteiger partial charge is 0.183 e. The van der Waals surface area contributed by atoms with E-state index in [-0.39, 0.29) is 0 Å². The van der Waals surface area contributed by atoms with Crippen LogP contribution in [-0.2, 0) is 4.74 Å². The van der Waals surface area contributed by atoms with E-state index in [1.807, 2.05) is 12.1 Å². The molecule has 2 heterocycles. The monoisotopic (exact) mass is 189 g/mol. The molecule has 1 radical (unpaired) electrons. The Balaban J connectivity index is 1.73. The van der Waals surface area contributed by atoms with Gasteiger partial charge in [0.2, 0.25) is 0 Å². The number of hydrogen-bond acceptors (Lipinski definition) is 3. The highest BCUT2D eigenvalue weighted by Crippen LogP contribution is 2.08. The van der Waals surface area contributed by atoms with Gasteiger partial charge in [-0.1, -0.05) is 0 Å². The van der Waals surface area contributed by atoms with Crippen molar-refractivity contribution in [2.24, 2.45) is 4.99 Å². The Morgan fingerprint density at radius 2 is 2.21 bits per heavy atom. The summed E-state index contributed by atoms with van der Waals surface area (Å²) >= 11 is 0. The minimum Gasteiger partial charge on any atom is -0.479 e. The second kappa shape index (κ2) is 4.74. The first kappa shape index (κ1) is 9.19. The first-order valence-electron chi connectivity index (χ1n) is 4.84. The average molecular weight is 189 g/mol. The molecule has 0 bridgehead atoms. The van der Waals surface area contributed by atoms with E-state index in [4.69, 9.17) is 4.74 Å². The van der Waals surface area contributed by atoms with Crippen LogP contribution in [0.4, 0.5) is 0 Å². The van der Waals surface area contributed by atoms with Gasteiger partial charge < -0.3 is 4.74 Å². The molecular formula is C11H13N2O. The van der Waals surface area contributed by atoms with Crippen LogP contribution in [0, 0.1) is 6.42 Å². The second-order valence-corrected chi connectivity index (χ2v) is 3.15. The molecule has 0 aliphatic carbocycles. The van der Waals surface area contributed by atoms with Gasteiger partial charge in [-0.2, -0.15) is 0 Å². The van der Waals surface area contributed by atoms with Crippen LogP contribution < -0.4 is 0 Å². The van der Waals surface area contributed by atoms with Gasteiger partial charge in [0.15, 0.2) is 5.90 Å². The summed E-state index contributed by atoms with van der Waals surface area (Å²) in [6.45, 7) is 1.58. The molecule has 0 amide bonds. The van der Waals surface area contributed by atoms with Crippen molar-refractivity contribution >= 4 is 5.90 Å². The van der Waals surface area contributed by atoms with Gasteiger partial charge in [-0.05, 0) is 30.5 Å². The fourth-order valence-electron chi connectivity index (χ4n) is 1.39. The molecule has 0 spiro atoms. The van der Waals surface area contributed by atoms with E-state index in [1.54, 1.807) is 12.4 Å².